The van der Waals surface area contributed by atoms with Crippen molar-refractivity contribution in [1.82, 2.24) is 4.90 Å². The molecule has 88 valence electrons. The molecule has 1 aliphatic heterocycles. The van der Waals surface area contributed by atoms with E-state index in [2.05, 4.69) is 13.8 Å². The topological polar surface area (TPSA) is 40.5 Å². The fourth-order valence-corrected chi connectivity index (χ4v) is 2.15. The maximum absolute atomic E-state index is 12.0. The lowest BCUT2D eigenvalue weighted by Crippen LogP contribution is -2.34. The summed E-state index contributed by atoms with van der Waals surface area (Å²) in [5.41, 5.74) is 0. The SMILES string of the molecule is CCCCC(CC)C(=O)N1CCC(O)C1. The lowest BCUT2D eigenvalue weighted by Gasteiger charge is -2.22. The molecule has 0 radical (unpaired) electrons. The number of likely N-dealkylation sites (tertiary alicyclic amines) is 1. The molecule has 3 nitrogen and oxygen atoms in total. The van der Waals surface area contributed by atoms with Crippen LogP contribution in [0, 0.1) is 5.92 Å². The summed E-state index contributed by atoms with van der Waals surface area (Å²) in [4.78, 5) is 13.9. The van der Waals surface area contributed by atoms with E-state index >= 15 is 0 Å². The van der Waals surface area contributed by atoms with E-state index in [4.69, 9.17) is 0 Å². The van der Waals surface area contributed by atoms with Crippen LogP contribution < -0.4 is 0 Å². The first kappa shape index (κ1) is 12.5. The Balaban J connectivity index is 2.42. The molecule has 0 aromatic rings. The number of hydrogen-bond donors (Lipinski definition) is 1. The third-order valence-electron chi connectivity index (χ3n) is 3.22. The van der Waals surface area contributed by atoms with Crippen LogP contribution in [0.2, 0.25) is 0 Å². The zero-order valence-corrected chi connectivity index (χ0v) is 9.91. The molecule has 1 heterocycles. The Hall–Kier alpha value is -0.570. The van der Waals surface area contributed by atoms with Crippen LogP contribution in [0.1, 0.15) is 46.0 Å². The van der Waals surface area contributed by atoms with Crippen LogP contribution in [0.15, 0.2) is 0 Å². The van der Waals surface area contributed by atoms with Crippen LogP contribution in [-0.4, -0.2) is 35.1 Å². The van der Waals surface area contributed by atoms with Crippen molar-refractivity contribution in [3.05, 3.63) is 0 Å². The van der Waals surface area contributed by atoms with Crippen molar-refractivity contribution in [2.45, 2.75) is 52.1 Å². The highest BCUT2D eigenvalue weighted by Gasteiger charge is 2.28. The minimum Gasteiger partial charge on any atom is -0.391 e. The normalized spacial score (nSPS) is 23.1. The van der Waals surface area contributed by atoms with Gasteiger partial charge in [-0.15, -0.1) is 0 Å². The molecule has 1 N–H and O–H groups in total. The van der Waals surface area contributed by atoms with Gasteiger partial charge in [0.2, 0.25) is 5.91 Å². The van der Waals surface area contributed by atoms with E-state index in [1.807, 2.05) is 4.90 Å². The maximum Gasteiger partial charge on any atom is 0.225 e. The van der Waals surface area contributed by atoms with E-state index in [9.17, 15) is 9.90 Å². The van der Waals surface area contributed by atoms with E-state index in [-0.39, 0.29) is 17.9 Å². The molecule has 1 fully saturated rings. The van der Waals surface area contributed by atoms with E-state index in [0.717, 1.165) is 38.6 Å². The monoisotopic (exact) mass is 213 g/mol. The van der Waals surface area contributed by atoms with E-state index in [1.54, 1.807) is 0 Å². The molecule has 2 atom stereocenters. The number of aliphatic hydroxyl groups excluding tert-OH is 1. The van der Waals surface area contributed by atoms with E-state index < -0.39 is 0 Å². The third-order valence-corrected chi connectivity index (χ3v) is 3.22. The molecule has 0 aliphatic carbocycles. The number of carbonyl (C=O) groups is 1. The number of carbonyl (C=O) groups excluding carboxylic acids is 1. The Kier molecular flexibility index (Phi) is 5.09. The molecule has 0 aromatic heterocycles. The number of unbranched alkanes of at least 4 members (excludes halogenated alkanes) is 1. The number of nitrogens with zero attached hydrogens (tertiary/aromatic N) is 1. The molecule has 0 bridgehead atoms. The fraction of sp³-hybridized carbons (Fsp3) is 0.917. The van der Waals surface area contributed by atoms with Crippen molar-refractivity contribution in [2.24, 2.45) is 5.92 Å². The molecule has 15 heavy (non-hydrogen) atoms. The number of rotatable bonds is 5. The summed E-state index contributed by atoms with van der Waals surface area (Å²) in [6.07, 6.45) is 4.64. The predicted octanol–water partition coefficient (Wildman–Crippen LogP) is 1.80. The molecule has 0 spiro atoms. The summed E-state index contributed by atoms with van der Waals surface area (Å²) in [6, 6.07) is 0. The zero-order chi connectivity index (χ0) is 11.3. The molecule has 3 heteroatoms. The first-order valence-electron chi connectivity index (χ1n) is 6.15. The first-order chi connectivity index (χ1) is 7.19. The van der Waals surface area contributed by atoms with Gasteiger partial charge in [0.25, 0.3) is 0 Å². The summed E-state index contributed by atoms with van der Waals surface area (Å²) >= 11 is 0. The molecule has 2 unspecified atom stereocenters. The largest absolute Gasteiger partial charge is 0.391 e. The van der Waals surface area contributed by atoms with Crippen molar-refractivity contribution < 1.29 is 9.90 Å². The Labute approximate surface area is 92.5 Å². The Morgan fingerprint density at radius 3 is 2.73 bits per heavy atom. The zero-order valence-electron chi connectivity index (χ0n) is 9.91. The van der Waals surface area contributed by atoms with Gasteiger partial charge in [0.15, 0.2) is 0 Å². The second-order valence-electron chi connectivity index (χ2n) is 4.47. The molecule has 0 saturated carbocycles. The van der Waals surface area contributed by atoms with Gasteiger partial charge in [0, 0.05) is 19.0 Å². The molecular formula is C12H23NO2. The van der Waals surface area contributed by atoms with Gasteiger partial charge in [0.05, 0.1) is 6.10 Å². The van der Waals surface area contributed by atoms with Gasteiger partial charge < -0.3 is 10.0 Å². The summed E-state index contributed by atoms with van der Waals surface area (Å²) in [5, 5.41) is 9.39. The van der Waals surface area contributed by atoms with Gasteiger partial charge >= 0.3 is 0 Å². The van der Waals surface area contributed by atoms with Gasteiger partial charge in [-0.2, -0.15) is 0 Å². The number of aliphatic hydroxyl groups is 1. The smallest absolute Gasteiger partial charge is 0.225 e. The average molecular weight is 213 g/mol. The minimum atomic E-state index is -0.294. The van der Waals surface area contributed by atoms with E-state index in [1.165, 1.54) is 0 Å². The van der Waals surface area contributed by atoms with Crippen LogP contribution in [0.4, 0.5) is 0 Å². The molecule has 0 aromatic carbocycles. The van der Waals surface area contributed by atoms with Crippen molar-refractivity contribution in [3.63, 3.8) is 0 Å². The number of amides is 1. The molecule has 1 aliphatic rings. The van der Waals surface area contributed by atoms with Gasteiger partial charge in [-0.3, -0.25) is 4.79 Å². The van der Waals surface area contributed by atoms with Gasteiger partial charge in [-0.1, -0.05) is 26.7 Å². The van der Waals surface area contributed by atoms with Crippen LogP contribution >= 0.6 is 0 Å². The fourth-order valence-electron chi connectivity index (χ4n) is 2.15. The Morgan fingerprint density at radius 1 is 1.53 bits per heavy atom. The predicted molar refractivity (Wildman–Crippen MR) is 60.5 cm³/mol. The lowest BCUT2D eigenvalue weighted by atomic mass is 9.98. The molecule has 1 saturated heterocycles. The summed E-state index contributed by atoms with van der Waals surface area (Å²) in [6.45, 7) is 5.51. The molecule has 1 amide bonds. The maximum atomic E-state index is 12.0. The Morgan fingerprint density at radius 2 is 2.27 bits per heavy atom. The summed E-state index contributed by atoms with van der Waals surface area (Å²) in [7, 11) is 0. The minimum absolute atomic E-state index is 0.176. The second kappa shape index (κ2) is 6.11. The number of β-amino-alcohol motifs (C(OH)–C–C–N with tert-alkyl or cyclic N) is 1. The van der Waals surface area contributed by atoms with Gasteiger partial charge in [-0.05, 0) is 19.3 Å². The highest BCUT2D eigenvalue weighted by Crippen LogP contribution is 2.19. The highest BCUT2D eigenvalue weighted by atomic mass is 16.3. The lowest BCUT2D eigenvalue weighted by molar-refractivity contribution is -0.135. The van der Waals surface area contributed by atoms with Crippen molar-refractivity contribution >= 4 is 5.91 Å². The quantitative estimate of drug-likeness (QED) is 0.756. The van der Waals surface area contributed by atoms with Crippen LogP contribution in [0.3, 0.4) is 0 Å². The van der Waals surface area contributed by atoms with Crippen LogP contribution in [0.5, 0.6) is 0 Å². The van der Waals surface area contributed by atoms with Gasteiger partial charge in [0.1, 0.15) is 0 Å². The Bertz CT molecular complexity index is 206. The van der Waals surface area contributed by atoms with Gasteiger partial charge in [-0.25, -0.2) is 0 Å². The van der Waals surface area contributed by atoms with Crippen molar-refractivity contribution in [1.29, 1.82) is 0 Å². The van der Waals surface area contributed by atoms with Crippen molar-refractivity contribution in [2.75, 3.05) is 13.1 Å². The molecular weight excluding hydrogens is 190 g/mol. The number of hydrogen-bond acceptors (Lipinski definition) is 2. The standard InChI is InChI=1S/C12H23NO2/c1-3-5-6-10(4-2)12(15)13-8-7-11(14)9-13/h10-11,14H,3-9H2,1-2H3. The second-order valence-corrected chi connectivity index (χ2v) is 4.47. The average Bonchev–Trinajstić information content (AvgIpc) is 2.65. The highest BCUT2D eigenvalue weighted by molar-refractivity contribution is 5.79. The summed E-state index contributed by atoms with van der Waals surface area (Å²) < 4.78 is 0. The van der Waals surface area contributed by atoms with E-state index in [0.29, 0.717) is 6.54 Å². The summed E-state index contributed by atoms with van der Waals surface area (Å²) in [5.74, 6) is 0.428. The van der Waals surface area contributed by atoms with Crippen LogP contribution in [0.25, 0.3) is 0 Å². The molecule has 1 rings (SSSR count). The van der Waals surface area contributed by atoms with Crippen molar-refractivity contribution in [3.8, 4) is 0 Å². The first-order valence-corrected chi connectivity index (χ1v) is 6.15. The van der Waals surface area contributed by atoms with Crippen LogP contribution in [-0.2, 0) is 4.79 Å². The third kappa shape index (κ3) is 3.49.